The van der Waals surface area contributed by atoms with Crippen LogP contribution in [0.15, 0.2) is 0 Å². The lowest BCUT2D eigenvalue weighted by Gasteiger charge is -2.23. The van der Waals surface area contributed by atoms with Crippen LogP contribution in [0.2, 0.25) is 0 Å². The molecular weight excluding hydrogens is 254 g/mol. The Balaban J connectivity index is 0.00000289. The first-order valence-corrected chi connectivity index (χ1v) is 6.20. The summed E-state index contributed by atoms with van der Waals surface area (Å²) in [5, 5.41) is 8.61. The molecule has 0 spiro atoms. The van der Waals surface area contributed by atoms with Crippen LogP contribution in [-0.4, -0.2) is 36.5 Å². The lowest BCUT2D eigenvalue weighted by atomic mass is 10.0. The van der Waals surface area contributed by atoms with Crippen LogP contribution in [0.1, 0.15) is 40.0 Å². The lowest BCUT2D eigenvalue weighted by molar-refractivity contribution is -0.128. The van der Waals surface area contributed by atoms with Crippen molar-refractivity contribution < 1.29 is 9.59 Å². The zero-order valence-corrected chi connectivity index (χ0v) is 12.2. The van der Waals surface area contributed by atoms with Crippen molar-refractivity contribution in [1.82, 2.24) is 16.0 Å². The molecule has 0 aromatic carbocycles. The maximum atomic E-state index is 11.7. The monoisotopic (exact) mass is 277 g/mol. The number of hydrogen-bond acceptors (Lipinski definition) is 3. The molecule has 1 rings (SSSR count). The zero-order chi connectivity index (χ0) is 12.9. The summed E-state index contributed by atoms with van der Waals surface area (Å²) in [6.45, 7) is 6.67. The van der Waals surface area contributed by atoms with Crippen molar-refractivity contribution in [3.05, 3.63) is 0 Å². The molecule has 0 aliphatic carbocycles. The Morgan fingerprint density at radius 3 is 2.44 bits per heavy atom. The van der Waals surface area contributed by atoms with E-state index in [9.17, 15) is 9.59 Å². The second-order valence-corrected chi connectivity index (χ2v) is 5.52. The summed E-state index contributed by atoms with van der Waals surface area (Å²) < 4.78 is 0. The third kappa shape index (κ3) is 6.81. The average molecular weight is 278 g/mol. The van der Waals surface area contributed by atoms with Crippen molar-refractivity contribution in [3.8, 4) is 0 Å². The molecule has 106 valence electrons. The maximum absolute atomic E-state index is 11.7. The number of piperidine rings is 1. The Morgan fingerprint density at radius 1 is 1.28 bits per heavy atom. The van der Waals surface area contributed by atoms with Gasteiger partial charge in [0.15, 0.2) is 0 Å². The van der Waals surface area contributed by atoms with Gasteiger partial charge in [-0.3, -0.25) is 9.59 Å². The Bertz CT molecular complexity index is 284. The van der Waals surface area contributed by atoms with Gasteiger partial charge >= 0.3 is 0 Å². The van der Waals surface area contributed by atoms with Crippen LogP contribution in [0.5, 0.6) is 0 Å². The molecule has 6 heteroatoms. The van der Waals surface area contributed by atoms with Crippen LogP contribution in [0.4, 0.5) is 0 Å². The van der Waals surface area contributed by atoms with E-state index in [-0.39, 0.29) is 42.3 Å². The number of hydrogen-bond donors (Lipinski definition) is 3. The molecule has 1 heterocycles. The van der Waals surface area contributed by atoms with E-state index in [1.165, 1.54) is 0 Å². The Kier molecular flexibility index (Phi) is 7.25. The number of halogens is 1. The van der Waals surface area contributed by atoms with Crippen molar-refractivity contribution in [1.29, 1.82) is 0 Å². The summed E-state index contributed by atoms with van der Waals surface area (Å²) in [6.07, 6.45) is 3.04. The Labute approximate surface area is 115 Å². The third-order valence-electron chi connectivity index (χ3n) is 2.56. The fourth-order valence-corrected chi connectivity index (χ4v) is 1.83. The van der Waals surface area contributed by atoms with Crippen LogP contribution < -0.4 is 16.0 Å². The molecule has 0 unspecified atom stereocenters. The van der Waals surface area contributed by atoms with Gasteiger partial charge in [-0.05, 0) is 40.2 Å². The van der Waals surface area contributed by atoms with E-state index in [1.54, 1.807) is 0 Å². The van der Waals surface area contributed by atoms with E-state index in [4.69, 9.17) is 0 Å². The van der Waals surface area contributed by atoms with Gasteiger partial charge in [-0.25, -0.2) is 0 Å². The van der Waals surface area contributed by atoms with Crippen molar-refractivity contribution in [2.45, 2.75) is 51.6 Å². The van der Waals surface area contributed by atoms with E-state index >= 15 is 0 Å². The van der Waals surface area contributed by atoms with Gasteiger partial charge in [0.1, 0.15) is 0 Å². The molecule has 18 heavy (non-hydrogen) atoms. The molecule has 3 N–H and O–H groups in total. The van der Waals surface area contributed by atoms with Crippen LogP contribution in [0, 0.1) is 0 Å². The molecule has 0 radical (unpaired) electrons. The average Bonchev–Trinajstić information content (AvgIpc) is 2.25. The van der Waals surface area contributed by atoms with Gasteiger partial charge in [0, 0.05) is 5.54 Å². The third-order valence-corrected chi connectivity index (χ3v) is 2.56. The first kappa shape index (κ1) is 17.2. The van der Waals surface area contributed by atoms with Gasteiger partial charge in [-0.15, -0.1) is 12.4 Å². The molecule has 2 amide bonds. The highest BCUT2D eigenvalue weighted by molar-refractivity contribution is 5.87. The minimum absolute atomic E-state index is 0. The van der Waals surface area contributed by atoms with Gasteiger partial charge in [-0.1, -0.05) is 6.42 Å². The Hall–Kier alpha value is -0.810. The standard InChI is InChI=1S/C12H23N3O2.ClH/c1-12(2,3)15-10(16)8-14-11(17)9-6-4-5-7-13-9;/h9,13H,4-8H2,1-3H3,(H,14,17)(H,15,16);1H/t9-;/m0./s1. The highest BCUT2D eigenvalue weighted by atomic mass is 35.5. The Morgan fingerprint density at radius 2 is 1.94 bits per heavy atom. The fourth-order valence-electron chi connectivity index (χ4n) is 1.83. The molecule has 1 fully saturated rings. The van der Waals surface area contributed by atoms with E-state index in [0.717, 1.165) is 25.8 Å². The van der Waals surface area contributed by atoms with E-state index < -0.39 is 0 Å². The highest BCUT2D eigenvalue weighted by Gasteiger charge is 2.21. The van der Waals surface area contributed by atoms with Crippen molar-refractivity contribution >= 4 is 24.2 Å². The number of carbonyl (C=O) groups is 2. The summed E-state index contributed by atoms with van der Waals surface area (Å²) in [4.78, 5) is 23.2. The summed E-state index contributed by atoms with van der Waals surface area (Å²) in [5.74, 6) is -0.226. The van der Waals surface area contributed by atoms with E-state index in [1.807, 2.05) is 20.8 Å². The molecule has 1 atom stereocenters. The second-order valence-electron chi connectivity index (χ2n) is 5.52. The number of carbonyl (C=O) groups excluding carboxylic acids is 2. The number of rotatable bonds is 3. The zero-order valence-electron chi connectivity index (χ0n) is 11.3. The second kappa shape index (κ2) is 7.59. The molecule has 0 saturated carbocycles. The van der Waals surface area contributed by atoms with Gasteiger partial charge < -0.3 is 16.0 Å². The summed E-state index contributed by atoms with van der Waals surface area (Å²) in [7, 11) is 0. The highest BCUT2D eigenvalue weighted by Crippen LogP contribution is 2.06. The van der Waals surface area contributed by atoms with Gasteiger partial charge in [0.05, 0.1) is 12.6 Å². The molecule has 0 aromatic rings. The van der Waals surface area contributed by atoms with Crippen molar-refractivity contribution in [2.24, 2.45) is 0 Å². The van der Waals surface area contributed by atoms with Crippen molar-refractivity contribution in [2.75, 3.05) is 13.1 Å². The topological polar surface area (TPSA) is 70.2 Å². The van der Waals surface area contributed by atoms with Crippen LogP contribution in [0.25, 0.3) is 0 Å². The summed E-state index contributed by atoms with van der Waals surface area (Å²) in [6, 6.07) is -0.133. The first-order valence-electron chi connectivity index (χ1n) is 6.20. The molecule has 0 aromatic heterocycles. The normalized spacial score (nSPS) is 19.6. The molecule has 5 nitrogen and oxygen atoms in total. The van der Waals surface area contributed by atoms with Crippen LogP contribution in [-0.2, 0) is 9.59 Å². The molecule has 0 bridgehead atoms. The number of amides is 2. The molecular formula is C12H24ClN3O2. The van der Waals surface area contributed by atoms with E-state index in [2.05, 4.69) is 16.0 Å². The SMILES string of the molecule is CC(C)(C)NC(=O)CNC(=O)[C@@H]1CCCCN1.Cl. The van der Waals surface area contributed by atoms with Crippen LogP contribution in [0.3, 0.4) is 0 Å². The molecule has 1 saturated heterocycles. The lowest BCUT2D eigenvalue weighted by Crippen LogP contribution is -2.51. The van der Waals surface area contributed by atoms with Crippen molar-refractivity contribution in [3.63, 3.8) is 0 Å². The molecule has 1 aliphatic heterocycles. The fraction of sp³-hybridized carbons (Fsp3) is 0.833. The quantitative estimate of drug-likeness (QED) is 0.707. The van der Waals surface area contributed by atoms with Gasteiger partial charge in [0.25, 0.3) is 0 Å². The van der Waals surface area contributed by atoms with Gasteiger partial charge in [0.2, 0.25) is 11.8 Å². The summed E-state index contributed by atoms with van der Waals surface area (Å²) >= 11 is 0. The maximum Gasteiger partial charge on any atom is 0.239 e. The summed E-state index contributed by atoms with van der Waals surface area (Å²) in [5.41, 5.74) is -0.259. The minimum Gasteiger partial charge on any atom is -0.350 e. The van der Waals surface area contributed by atoms with Crippen LogP contribution >= 0.6 is 12.4 Å². The minimum atomic E-state index is -0.259. The predicted molar refractivity (Wildman–Crippen MR) is 73.8 cm³/mol. The smallest absolute Gasteiger partial charge is 0.239 e. The largest absolute Gasteiger partial charge is 0.350 e. The van der Waals surface area contributed by atoms with E-state index in [0.29, 0.717) is 0 Å². The van der Waals surface area contributed by atoms with Gasteiger partial charge in [-0.2, -0.15) is 0 Å². The predicted octanol–water partition coefficient (Wildman–Crippen LogP) is 0.581. The number of nitrogens with one attached hydrogen (secondary N) is 3. The first-order chi connectivity index (χ1) is 7.88. The molecule has 1 aliphatic rings.